The molecule has 1 aliphatic rings. The summed E-state index contributed by atoms with van der Waals surface area (Å²) in [5.41, 5.74) is 8.56. The summed E-state index contributed by atoms with van der Waals surface area (Å²) in [5.74, 6) is -0.398. The number of carbonyl (C=O) groups excluding carboxylic acids is 3. The van der Waals surface area contributed by atoms with Crippen LogP contribution in [0.5, 0.6) is 5.75 Å². The van der Waals surface area contributed by atoms with Gasteiger partial charge >= 0.3 is 0 Å². The fourth-order valence-corrected chi connectivity index (χ4v) is 4.69. The molecule has 180 valence electrons. The van der Waals surface area contributed by atoms with E-state index in [-0.39, 0.29) is 17.9 Å². The second kappa shape index (κ2) is 10.0. The predicted octanol–water partition coefficient (Wildman–Crippen LogP) is 4.37. The third-order valence-corrected chi connectivity index (χ3v) is 6.49. The van der Waals surface area contributed by atoms with Gasteiger partial charge in [-0.1, -0.05) is 18.2 Å². The maximum Gasteiger partial charge on any atom is 0.258 e. The Kier molecular flexibility index (Phi) is 6.87. The van der Waals surface area contributed by atoms with Crippen molar-refractivity contribution in [3.05, 3.63) is 89.5 Å². The number of nitrogens with two attached hydrogens (primary N) is 1. The Labute approximate surface area is 205 Å². The van der Waals surface area contributed by atoms with Gasteiger partial charge in [-0.3, -0.25) is 14.4 Å². The number of amides is 3. The fraction of sp³-hybridized carbons (Fsp3) is 0.250. The zero-order valence-corrected chi connectivity index (χ0v) is 20.1. The third kappa shape index (κ3) is 4.62. The number of hydrogen-bond donors (Lipinski definition) is 1. The monoisotopic (exact) mass is 471 g/mol. The van der Waals surface area contributed by atoms with Crippen LogP contribution in [0.1, 0.15) is 52.5 Å². The van der Waals surface area contributed by atoms with Crippen molar-refractivity contribution in [2.24, 2.45) is 5.73 Å². The molecule has 0 fully saturated rings. The highest BCUT2D eigenvalue weighted by molar-refractivity contribution is 6.09. The number of para-hydroxylation sites is 1. The first-order valence-corrected chi connectivity index (χ1v) is 11.6. The van der Waals surface area contributed by atoms with Crippen LogP contribution in [-0.4, -0.2) is 37.4 Å². The standard InChI is InChI=1S/C28H29N3O4/c1-4-30(21-13-9-19(10-14-21)26(29)32)28(34)24-17-18(2)31(25-8-6-5-7-23(24)25)27(33)20-11-15-22(35-3)16-12-20/h5-16,18,24H,4,17H2,1-3H3,(H2,29,32)/t18-,24-/m1/s1. The highest BCUT2D eigenvalue weighted by Crippen LogP contribution is 2.40. The minimum Gasteiger partial charge on any atom is -0.497 e. The largest absolute Gasteiger partial charge is 0.497 e. The molecule has 0 saturated heterocycles. The molecule has 0 spiro atoms. The van der Waals surface area contributed by atoms with Crippen molar-refractivity contribution in [3.63, 3.8) is 0 Å². The number of benzene rings is 3. The van der Waals surface area contributed by atoms with E-state index < -0.39 is 11.8 Å². The van der Waals surface area contributed by atoms with E-state index in [9.17, 15) is 14.4 Å². The highest BCUT2D eigenvalue weighted by Gasteiger charge is 2.38. The molecular formula is C28H29N3O4. The maximum absolute atomic E-state index is 13.8. The van der Waals surface area contributed by atoms with E-state index in [1.807, 2.05) is 38.1 Å². The van der Waals surface area contributed by atoms with Gasteiger partial charge in [0.05, 0.1) is 13.0 Å². The minimum absolute atomic E-state index is 0.0461. The van der Waals surface area contributed by atoms with Crippen molar-refractivity contribution in [1.82, 2.24) is 0 Å². The van der Waals surface area contributed by atoms with Gasteiger partial charge in [-0.05, 0) is 80.4 Å². The SMILES string of the molecule is CCN(C(=O)[C@@H]1C[C@@H](C)N(C(=O)c2ccc(OC)cc2)c2ccccc21)c1ccc(C(N)=O)cc1. The summed E-state index contributed by atoms with van der Waals surface area (Å²) in [6.07, 6.45) is 0.494. The summed E-state index contributed by atoms with van der Waals surface area (Å²) < 4.78 is 5.21. The molecule has 2 atom stereocenters. The van der Waals surface area contributed by atoms with Crippen LogP contribution in [0.4, 0.5) is 11.4 Å². The Morgan fingerprint density at radius 3 is 2.20 bits per heavy atom. The molecule has 0 aliphatic carbocycles. The zero-order chi connectivity index (χ0) is 25.1. The van der Waals surface area contributed by atoms with Crippen LogP contribution in [0.15, 0.2) is 72.8 Å². The van der Waals surface area contributed by atoms with Crippen LogP contribution < -0.4 is 20.3 Å². The van der Waals surface area contributed by atoms with Gasteiger partial charge in [-0.2, -0.15) is 0 Å². The molecule has 0 bridgehead atoms. The molecule has 3 aromatic carbocycles. The van der Waals surface area contributed by atoms with Gasteiger partial charge in [0, 0.05) is 35.1 Å². The van der Waals surface area contributed by atoms with Crippen LogP contribution in [-0.2, 0) is 4.79 Å². The van der Waals surface area contributed by atoms with E-state index in [2.05, 4.69) is 0 Å². The number of anilines is 2. The minimum atomic E-state index is -0.512. The Bertz CT molecular complexity index is 1240. The summed E-state index contributed by atoms with van der Waals surface area (Å²) in [7, 11) is 1.59. The van der Waals surface area contributed by atoms with Crippen LogP contribution in [0, 0.1) is 0 Å². The van der Waals surface area contributed by atoms with E-state index in [0.717, 1.165) is 11.3 Å². The summed E-state index contributed by atoms with van der Waals surface area (Å²) in [4.78, 5) is 42.2. The Morgan fingerprint density at radius 1 is 0.971 bits per heavy atom. The molecule has 7 heteroatoms. The third-order valence-electron chi connectivity index (χ3n) is 6.49. The lowest BCUT2D eigenvalue weighted by molar-refractivity contribution is -0.120. The summed E-state index contributed by atoms with van der Waals surface area (Å²) in [6.45, 7) is 4.35. The molecule has 7 nitrogen and oxygen atoms in total. The summed E-state index contributed by atoms with van der Waals surface area (Å²) in [6, 6.07) is 21.2. The number of likely N-dealkylation sites (N-methyl/N-ethyl adjacent to an activating group) is 1. The van der Waals surface area contributed by atoms with Crippen molar-refractivity contribution in [1.29, 1.82) is 0 Å². The molecule has 1 heterocycles. The number of primary amides is 1. The van der Waals surface area contributed by atoms with E-state index in [0.29, 0.717) is 35.5 Å². The molecule has 35 heavy (non-hydrogen) atoms. The Hall–Kier alpha value is -4.13. The molecule has 0 radical (unpaired) electrons. The molecule has 0 saturated carbocycles. The summed E-state index contributed by atoms with van der Waals surface area (Å²) in [5, 5.41) is 0. The number of carbonyl (C=O) groups is 3. The molecular weight excluding hydrogens is 442 g/mol. The predicted molar refractivity (Wildman–Crippen MR) is 136 cm³/mol. The van der Waals surface area contributed by atoms with Crippen LogP contribution in [0.2, 0.25) is 0 Å². The lowest BCUT2D eigenvalue weighted by Gasteiger charge is -2.40. The second-order valence-electron chi connectivity index (χ2n) is 8.59. The average Bonchev–Trinajstić information content (AvgIpc) is 2.88. The topological polar surface area (TPSA) is 92.9 Å². The van der Waals surface area contributed by atoms with Crippen molar-refractivity contribution in [3.8, 4) is 5.75 Å². The molecule has 3 amide bonds. The van der Waals surface area contributed by atoms with E-state index >= 15 is 0 Å². The average molecular weight is 472 g/mol. The van der Waals surface area contributed by atoms with Gasteiger partial charge in [0.1, 0.15) is 5.75 Å². The number of nitrogens with zero attached hydrogens (tertiary/aromatic N) is 2. The van der Waals surface area contributed by atoms with Crippen LogP contribution >= 0.6 is 0 Å². The highest BCUT2D eigenvalue weighted by atomic mass is 16.5. The first-order chi connectivity index (χ1) is 16.8. The number of methoxy groups -OCH3 is 1. The number of fused-ring (bicyclic) bond motifs is 1. The first-order valence-electron chi connectivity index (χ1n) is 11.6. The van der Waals surface area contributed by atoms with Gasteiger partial charge in [0.2, 0.25) is 11.8 Å². The number of ether oxygens (including phenoxy) is 1. The van der Waals surface area contributed by atoms with Gasteiger partial charge < -0.3 is 20.3 Å². The van der Waals surface area contributed by atoms with Gasteiger partial charge in [-0.15, -0.1) is 0 Å². The van der Waals surface area contributed by atoms with E-state index in [1.54, 1.807) is 65.4 Å². The lowest BCUT2D eigenvalue weighted by atomic mass is 9.84. The van der Waals surface area contributed by atoms with Crippen molar-refractivity contribution in [2.45, 2.75) is 32.2 Å². The van der Waals surface area contributed by atoms with Crippen molar-refractivity contribution >= 4 is 29.1 Å². The molecule has 0 unspecified atom stereocenters. The first kappa shape index (κ1) is 24.0. The number of rotatable bonds is 6. The molecule has 2 N–H and O–H groups in total. The Morgan fingerprint density at radius 2 is 1.60 bits per heavy atom. The second-order valence-corrected chi connectivity index (χ2v) is 8.59. The van der Waals surface area contributed by atoms with Crippen molar-refractivity contribution < 1.29 is 19.1 Å². The smallest absolute Gasteiger partial charge is 0.258 e. The zero-order valence-electron chi connectivity index (χ0n) is 20.1. The summed E-state index contributed by atoms with van der Waals surface area (Å²) >= 11 is 0. The Balaban J connectivity index is 1.66. The molecule has 3 aromatic rings. The van der Waals surface area contributed by atoms with Gasteiger partial charge in [-0.25, -0.2) is 0 Å². The van der Waals surface area contributed by atoms with Crippen molar-refractivity contribution in [2.75, 3.05) is 23.5 Å². The van der Waals surface area contributed by atoms with Crippen LogP contribution in [0.3, 0.4) is 0 Å². The molecule has 0 aromatic heterocycles. The van der Waals surface area contributed by atoms with E-state index in [4.69, 9.17) is 10.5 Å². The van der Waals surface area contributed by atoms with Gasteiger partial charge in [0.15, 0.2) is 0 Å². The normalized spacial score (nSPS) is 16.8. The van der Waals surface area contributed by atoms with Gasteiger partial charge in [0.25, 0.3) is 5.91 Å². The van der Waals surface area contributed by atoms with Crippen LogP contribution in [0.25, 0.3) is 0 Å². The lowest BCUT2D eigenvalue weighted by Crippen LogP contribution is -2.46. The molecule has 4 rings (SSSR count). The number of hydrogen-bond acceptors (Lipinski definition) is 4. The quantitative estimate of drug-likeness (QED) is 0.578. The molecule has 1 aliphatic heterocycles. The maximum atomic E-state index is 13.8. The fourth-order valence-electron chi connectivity index (χ4n) is 4.69. The van der Waals surface area contributed by atoms with E-state index in [1.165, 1.54) is 0 Å².